The maximum absolute atomic E-state index is 12.3. The largest absolute Gasteiger partial charge is 0.335 e. The number of nitrogens with zero attached hydrogens (tertiary/aromatic N) is 3. The van der Waals surface area contributed by atoms with E-state index in [0.29, 0.717) is 38.4 Å². The van der Waals surface area contributed by atoms with Crippen molar-refractivity contribution in [2.45, 2.75) is 39.3 Å². The van der Waals surface area contributed by atoms with Crippen molar-refractivity contribution < 1.29 is 13.2 Å². The van der Waals surface area contributed by atoms with Crippen LogP contribution in [0, 0.1) is 5.92 Å². The second kappa shape index (κ2) is 6.78. The zero-order valence-corrected chi connectivity index (χ0v) is 14.1. The fourth-order valence-corrected chi connectivity index (χ4v) is 3.17. The Bertz CT molecular complexity index is 624. The van der Waals surface area contributed by atoms with E-state index < -0.39 is 10.0 Å². The summed E-state index contributed by atoms with van der Waals surface area (Å²) in [5.74, 6) is 0.466. The molecule has 1 atom stereocenters. The molecule has 8 heteroatoms. The molecule has 0 aromatic carbocycles. The SMILES string of the molecule is CC(C)CC(=O)N1Cc2ccnn2[C@H](CCNS(C)(=O)=O)C1. The summed E-state index contributed by atoms with van der Waals surface area (Å²) >= 11 is 0. The van der Waals surface area contributed by atoms with Gasteiger partial charge in [-0.3, -0.25) is 9.48 Å². The van der Waals surface area contributed by atoms with E-state index in [-0.39, 0.29) is 11.9 Å². The zero-order chi connectivity index (χ0) is 16.3. The zero-order valence-electron chi connectivity index (χ0n) is 13.3. The molecule has 0 radical (unpaired) electrons. The first-order valence-electron chi connectivity index (χ1n) is 7.51. The van der Waals surface area contributed by atoms with Crippen LogP contribution in [0.25, 0.3) is 0 Å². The Hall–Kier alpha value is -1.41. The number of hydrogen-bond acceptors (Lipinski definition) is 4. The number of rotatable bonds is 6. The van der Waals surface area contributed by atoms with Gasteiger partial charge >= 0.3 is 0 Å². The van der Waals surface area contributed by atoms with Crippen molar-refractivity contribution in [3.8, 4) is 0 Å². The number of amides is 1. The number of aromatic nitrogens is 2. The van der Waals surface area contributed by atoms with Crippen molar-refractivity contribution in [1.29, 1.82) is 0 Å². The lowest BCUT2D eigenvalue weighted by atomic mass is 10.1. The fourth-order valence-electron chi connectivity index (χ4n) is 2.68. The van der Waals surface area contributed by atoms with Crippen LogP contribution in [0.15, 0.2) is 12.3 Å². The molecule has 2 rings (SSSR count). The predicted molar refractivity (Wildman–Crippen MR) is 83.6 cm³/mol. The minimum atomic E-state index is -3.19. The molecule has 0 saturated heterocycles. The summed E-state index contributed by atoms with van der Waals surface area (Å²) in [6, 6.07) is 1.91. The molecular formula is C14H24N4O3S. The van der Waals surface area contributed by atoms with Gasteiger partial charge in [-0.25, -0.2) is 13.1 Å². The summed E-state index contributed by atoms with van der Waals surface area (Å²) in [6.45, 7) is 5.54. The molecule has 0 spiro atoms. The minimum absolute atomic E-state index is 0.00381. The Labute approximate surface area is 131 Å². The van der Waals surface area contributed by atoms with E-state index in [1.165, 1.54) is 0 Å². The lowest BCUT2D eigenvalue weighted by Crippen LogP contribution is -2.42. The molecular weight excluding hydrogens is 304 g/mol. The summed E-state index contributed by atoms with van der Waals surface area (Å²) in [5.41, 5.74) is 0.993. The van der Waals surface area contributed by atoms with Gasteiger partial charge in [-0.2, -0.15) is 5.10 Å². The van der Waals surface area contributed by atoms with Gasteiger partial charge in [-0.15, -0.1) is 0 Å². The summed E-state index contributed by atoms with van der Waals surface area (Å²) < 4.78 is 26.7. The summed E-state index contributed by atoms with van der Waals surface area (Å²) in [4.78, 5) is 14.2. The van der Waals surface area contributed by atoms with Crippen LogP contribution in [0.4, 0.5) is 0 Å². The molecule has 1 amide bonds. The standard InChI is InChI=1S/C14H24N4O3S/c1-11(2)8-14(19)17-9-12-4-6-15-18(12)13(10-17)5-7-16-22(3,20)21/h4,6,11,13,16H,5,7-10H2,1-3H3/t13-/m1/s1. The van der Waals surface area contributed by atoms with E-state index in [2.05, 4.69) is 9.82 Å². The molecule has 0 saturated carbocycles. The molecule has 1 aliphatic rings. The number of fused-ring (bicyclic) bond motifs is 1. The Balaban J connectivity index is 2.04. The molecule has 0 unspecified atom stereocenters. The van der Waals surface area contributed by atoms with Gasteiger partial charge < -0.3 is 4.90 Å². The van der Waals surface area contributed by atoms with Crippen LogP contribution in [0.1, 0.15) is 38.4 Å². The van der Waals surface area contributed by atoms with Gasteiger partial charge in [0, 0.05) is 25.7 Å². The van der Waals surface area contributed by atoms with Crippen LogP contribution in [0.2, 0.25) is 0 Å². The van der Waals surface area contributed by atoms with Gasteiger partial charge in [0.05, 0.1) is 24.5 Å². The van der Waals surface area contributed by atoms with Crippen molar-refractivity contribution >= 4 is 15.9 Å². The lowest BCUT2D eigenvalue weighted by Gasteiger charge is -2.34. The Morgan fingerprint density at radius 1 is 1.50 bits per heavy atom. The van der Waals surface area contributed by atoms with Crippen molar-refractivity contribution in [3.05, 3.63) is 18.0 Å². The summed E-state index contributed by atoms with van der Waals surface area (Å²) in [5, 5.41) is 4.31. The monoisotopic (exact) mass is 328 g/mol. The molecule has 1 aliphatic heterocycles. The van der Waals surface area contributed by atoms with E-state index in [0.717, 1.165) is 11.9 Å². The molecule has 1 aromatic rings. The predicted octanol–water partition coefficient (Wildman–Crippen LogP) is 0.752. The van der Waals surface area contributed by atoms with Crippen molar-refractivity contribution in [2.75, 3.05) is 19.3 Å². The average Bonchev–Trinajstić information content (AvgIpc) is 2.84. The van der Waals surface area contributed by atoms with E-state index in [9.17, 15) is 13.2 Å². The van der Waals surface area contributed by atoms with Crippen LogP contribution in [-0.2, 0) is 21.4 Å². The topological polar surface area (TPSA) is 84.3 Å². The Morgan fingerprint density at radius 2 is 2.23 bits per heavy atom. The van der Waals surface area contributed by atoms with E-state index >= 15 is 0 Å². The van der Waals surface area contributed by atoms with Crippen LogP contribution in [0.3, 0.4) is 0 Å². The first kappa shape index (κ1) is 17.0. The van der Waals surface area contributed by atoms with E-state index in [1.54, 1.807) is 6.20 Å². The van der Waals surface area contributed by atoms with Gasteiger partial charge in [-0.1, -0.05) is 13.8 Å². The molecule has 22 heavy (non-hydrogen) atoms. The maximum atomic E-state index is 12.3. The van der Waals surface area contributed by atoms with Crippen LogP contribution < -0.4 is 4.72 Å². The molecule has 0 fully saturated rings. The molecule has 1 N–H and O–H groups in total. The third-order valence-electron chi connectivity index (χ3n) is 3.66. The third kappa shape index (κ3) is 4.54. The molecule has 1 aromatic heterocycles. The van der Waals surface area contributed by atoms with E-state index in [1.807, 2.05) is 29.5 Å². The number of carbonyl (C=O) groups is 1. The highest BCUT2D eigenvalue weighted by atomic mass is 32.2. The molecule has 0 bridgehead atoms. The Kier molecular flexibility index (Phi) is 5.23. The van der Waals surface area contributed by atoms with Gasteiger partial charge in [0.1, 0.15) is 0 Å². The molecule has 2 heterocycles. The first-order chi connectivity index (χ1) is 10.3. The smallest absolute Gasteiger partial charge is 0.223 e. The number of sulfonamides is 1. The fraction of sp³-hybridized carbons (Fsp3) is 0.714. The lowest BCUT2D eigenvalue weighted by molar-refractivity contribution is -0.134. The molecule has 7 nitrogen and oxygen atoms in total. The van der Waals surface area contributed by atoms with Gasteiger partial charge in [-0.05, 0) is 18.4 Å². The average molecular weight is 328 g/mol. The van der Waals surface area contributed by atoms with Crippen LogP contribution in [0.5, 0.6) is 0 Å². The second-order valence-electron chi connectivity index (χ2n) is 6.25. The van der Waals surface area contributed by atoms with Crippen molar-refractivity contribution in [3.63, 3.8) is 0 Å². The van der Waals surface area contributed by atoms with Crippen molar-refractivity contribution in [2.24, 2.45) is 5.92 Å². The van der Waals surface area contributed by atoms with Crippen LogP contribution >= 0.6 is 0 Å². The summed E-state index contributed by atoms with van der Waals surface area (Å²) in [7, 11) is -3.19. The van der Waals surface area contributed by atoms with Gasteiger partial charge in [0.25, 0.3) is 0 Å². The number of hydrogen-bond donors (Lipinski definition) is 1. The number of nitrogens with one attached hydrogen (secondary N) is 1. The Morgan fingerprint density at radius 3 is 2.86 bits per heavy atom. The maximum Gasteiger partial charge on any atom is 0.223 e. The highest BCUT2D eigenvalue weighted by Gasteiger charge is 2.28. The number of carbonyl (C=O) groups excluding carboxylic acids is 1. The first-order valence-corrected chi connectivity index (χ1v) is 9.40. The van der Waals surface area contributed by atoms with Crippen molar-refractivity contribution in [1.82, 2.24) is 19.4 Å². The minimum Gasteiger partial charge on any atom is -0.335 e. The van der Waals surface area contributed by atoms with E-state index in [4.69, 9.17) is 0 Å². The van der Waals surface area contributed by atoms with Gasteiger partial charge in [0.15, 0.2) is 0 Å². The highest BCUT2D eigenvalue weighted by Crippen LogP contribution is 2.23. The van der Waals surface area contributed by atoms with Crippen LogP contribution in [-0.4, -0.2) is 48.4 Å². The second-order valence-corrected chi connectivity index (χ2v) is 8.08. The quantitative estimate of drug-likeness (QED) is 0.835. The summed E-state index contributed by atoms with van der Waals surface area (Å²) in [6.07, 6.45) is 4.00. The molecule has 0 aliphatic carbocycles. The highest BCUT2D eigenvalue weighted by molar-refractivity contribution is 7.88. The normalized spacial score (nSPS) is 18.5. The third-order valence-corrected chi connectivity index (χ3v) is 4.39. The molecule has 124 valence electrons. The van der Waals surface area contributed by atoms with Gasteiger partial charge in [0.2, 0.25) is 15.9 Å².